The summed E-state index contributed by atoms with van der Waals surface area (Å²) in [6.07, 6.45) is 0. The molecule has 2 rings (SSSR count). The van der Waals surface area contributed by atoms with Crippen LogP contribution >= 0.6 is 0 Å². The SMILES string of the molecule is Cc1ccc(NCC2CN(C)CCN2)o1. The van der Waals surface area contributed by atoms with Crippen LogP contribution in [0.2, 0.25) is 0 Å². The lowest BCUT2D eigenvalue weighted by atomic mass is 10.2. The fourth-order valence-electron chi connectivity index (χ4n) is 1.88. The monoisotopic (exact) mass is 209 g/mol. The van der Waals surface area contributed by atoms with Crippen molar-refractivity contribution in [2.24, 2.45) is 0 Å². The minimum absolute atomic E-state index is 0.508. The summed E-state index contributed by atoms with van der Waals surface area (Å²) in [5.74, 6) is 1.81. The molecule has 1 aliphatic rings. The van der Waals surface area contributed by atoms with Gasteiger partial charge in [0.05, 0.1) is 0 Å². The molecule has 1 atom stereocenters. The fourth-order valence-corrected chi connectivity index (χ4v) is 1.88. The van der Waals surface area contributed by atoms with Gasteiger partial charge in [-0.25, -0.2) is 0 Å². The number of nitrogens with one attached hydrogen (secondary N) is 2. The van der Waals surface area contributed by atoms with E-state index in [1.54, 1.807) is 0 Å². The van der Waals surface area contributed by atoms with E-state index >= 15 is 0 Å². The largest absolute Gasteiger partial charge is 0.446 e. The highest BCUT2D eigenvalue weighted by atomic mass is 16.4. The second kappa shape index (κ2) is 4.68. The van der Waals surface area contributed by atoms with Gasteiger partial charge < -0.3 is 20.0 Å². The third kappa shape index (κ3) is 2.97. The second-order valence-electron chi connectivity index (χ2n) is 4.20. The Hall–Kier alpha value is -1.00. The number of nitrogens with zero attached hydrogens (tertiary/aromatic N) is 1. The van der Waals surface area contributed by atoms with E-state index in [4.69, 9.17) is 4.42 Å². The Morgan fingerprint density at radius 3 is 3.13 bits per heavy atom. The topological polar surface area (TPSA) is 40.4 Å². The zero-order chi connectivity index (χ0) is 10.7. The van der Waals surface area contributed by atoms with Gasteiger partial charge in [-0.1, -0.05) is 0 Å². The molecule has 1 saturated heterocycles. The Labute approximate surface area is 90.6 Å². The smallest absolute Gasteiger partial charge is 0.193 e. The van der Waals surface area contributed by atoms with Crippen molar-refractivity contribution in [3.63, 3.8) is 0 Å². The summed E-state index contributed by atoms with van der Waals surface area (Å²) in [4.78, 5) is 2.34. The molecule has 0 spiro atoms. The van der Waals surface area contributed by atoms with Crippen molar-refractivity contribution in [1.29, 1.82) is 0 Å². The van der Waals surface area contributed by atoms with Crippen LogP contribution in [-0.2, 0) is 0 Å². The highest BCUT2D eigenvalue weighted by molar-refractivity contribution is 5.32. The first kappa shape index (κ1) is 10.5. The lowest BCUT2D eigenvalue weighted by Crippen LogP contribution is -2.51. The molecule has 0 aromatic carbocycles. The van der Waals surface area contributed by atoms with E-state index in [2.05, 4.69) is 22.6 Å². The predicted octanol–water partition coefficient (Wildman–Crippen LogP) is 0.904. The van der Waals surface area contributed by atoms with Gasteiger partial charge in [-0.05, 0) is 20.0 Å². The van der Waals surface area contributed by atoms with Crippen molar-refractivity contribution in [1.82, 2.24) is 10.2 Å². The number of aryl methyl sites for hydroxylation is 1. The van der Waals surface area contributed by atoms with E-state index < -0.39 is 0 Å². The van der Waals surface area contributed by atoms with Crippen LogP contribution in [-0.4, -0.2) is 44.2 Å². The van der Waals surface area contributed by atoms with Crippen LogP contribution in [0.3, 0.4) is 0 Å². The zero-order valence-electron chi connectivity index (χ0n) is 9.42. The van der Waals surface area contributed by atoms with Gasteiger partial charge in [0.1, 0.15) is 5.76 Å². The molecular formula is C11H19N3O. The molecule has 4 nitrogen and oxygen atoms in total. The highest BCUT2D eigenvalue weighted by Gasteiger charge is 2.15. The van der Waals surface area contributed by atoms with Gasteiger partial charge in [0.2, 0.25) is 0 Å². The first-order chi connectivity index (χ1) is 7.24. The van der Waals surface area contributed by atoms with Crippen molar-refractivity contribution in [2.75, 3.05) is 38.5 Å². The molecule has 4 heteroatoms. The normalized spacial score (nSPS) is 22.9. The van der Waals surface area contributed by atoms with E-state index in [0.29, 0.717) is 6.04 Å². The number of anilines is 1. The molecular weight excluding hydrogens is 190 g/mol. The quantitative estimate of drug-likeness (QED) is 0.776. The predicted molar refractivity (Wildman–Crippen MR) is 61.2 cm³/mol. The molecule has 0 bridgehead atoms. The molecule has 1 aliphatic heterocycles. The van der Waals surface area contributed by atoms with Crippen molar-refractivity contribution in [3.8, 4) is 0 Å². The minimum Gasteiger partial charge on any atom is -0.446 e. The van der Waals surface area contributed by atoms with Gasteiger partial charge >= 0.3 is 0 Å². The van der Waals surface area contributed by atoms with Crippen LogP contribution in [0, 0.1) is 6.92 Å². The lowest BCUT2D eigenvalue weighted by molar-refractivity contribution is 0.244. The van der Waals surface area contributed by atoms with Crippen LogP contribution in [0.15, 0.2) is 16.5 Å². The maximum atomic E-state index is 5.45. The summed E-state index contributed by atoms with van der Waals surface area (Å²) >= 11 is 0. The number of hydrogen-bond acceptors (Lipinski definition) is 4. The Kier molecular flexibility index (Phi) is 3.28. The average molecular weight is 209 g/mol. The second-order valence-corrected chi connectivity index (χ2v) is 4.20. The van der Waals surface area contributed by atoms with Gasteiger partial charge in [-0.15, -0.1) is 0 Å². The summed E-state index contributed by atoms with van der Waals surface area (Å²) in [6, 6.07) is 4.46. The van der Waals surface area contributed by atoms with Crippen molar-refractivity contribution in [2.45, 2.75) is 13.0 Å². The van der Waals surface area contributed by atoms with E-state index in [1.807, 2.05) is 19.1 Å². The van der Waals surface area contributed by atoms with Crippen LogP contribution in [0.4, 0.5) is 5.88 Å². The van der Waals surface area contributed by atoms with Crippen LogP contribution in [0.25, 0.3) is 0 Å². The standard InChI is InChI=1S/C11H19N3O/c1-9-3-4-11(15-9)13-7-10-8-14(2)6-5-12-10/h3-4,10,12-13H,5-8H2,1-2H3. The molecule has 0 radical (unpaired) electrons. The Morgan fingerprint density at radius 1 is 1.60 bits per heavy atom. The molecule has 2 heterocycles. The first-order valence-corrected chi connectivity index (χ1v) is 5.46. The maximum Gasteiger partial charge on any atom is 0.193 e. The number of likely N-dealkylation sites (N-methyl/N-ethyl adjacent to an activating group) is 1. The van der Waals surface area contributed by atoms with E-state index in [9.17, 15) is 0 Å². The summed E-state index contributed by atoms with van der Waals surface area (Å²) in [6.45, 7) is 6.16. The summed E-state index contributed by atoms with van der Waals surface area (Å²) in [7, 11) is 2.16. The van der Waals surface area contributed by atoms with Crippen molar-refractivity contribution in [3.05, 3.63) is 17.9 Å². The average Bonchev–Trinajstić information content (AvgIpc) is 2.62. The van der Waals surface area contributed by atoms with E-state index in [0.717, 1.165) is 37.8 Å². The molecule has 84 valence electrons. The Morgan fingerprint density at radius 2 is 2.47 bits per heavy atom. The van der Waals surface area contributed by atoms with E-state index in [1.165, 1.54) is 0 Å². The number of furan rings is 1. The van der Waals surface area contributed by atoms with Crippen LogP contribution < -0.4 is 10.6 Å². The van der Waals surface area contributed by atoms with Gasteiger partial charge in [0, 0.05) is 38.3 Å². The highest BCUT2D eigenvalue weighted by Crippen LogP contribution is 2.11. The fraction of sp³-hybridized carbons (Fsp3) is 0.636. The van der Waals surface area contributed by atoms with E-state index in [-0.39, 0.29) is 0 Å². The summed E-state index contributed by atoms with van der Waals surface area (Å²) < 4.78 is 5.45. The van der Waals surface area contributed by atoms with Gasteiger partial charge in [0.25, 0.3) is 0 Å². The Balaban J connectivity index is 1.77. The molecule has 1 unspecified atom stereocenters. The molecule has 1 aromatic heterocycles. The third-order valence-corrected chi connectivity index (χ3v) is 2.72. The molecule has 0 saturated carbocycles. The summed E-state index contributed by atoms with van der Waals surface area (Å²) in [5, 5.41) is 6.78. The lowest BCUT2D eigenvalue weighted by Gasteiger charge is -2.30. The number of hydrogen-bond donors (Lipinski definition) is 2. The Bertz CT molecular complexity index is 311. The van der Waals surface area contributed by atoms with Crippen LogP contribution in [0.1, 0.15) is 5.76 Å². The molecule has 15 heavy (non-hydrogen) atoms. The zero-order valence-corrected chi connectivity index (χ0v) is 9.42. The molecule has 0 aliphatic carbocycles. The first-order valence-electron chi connectivity index (χ1n) is 5.46. The molecule has 0 amide bonds. The summed E-state index contributed by atoms with van der Waals surface area (Å²) in [5.41, 5.74) is 0. The van der Waals surface area contributed by atoms with Gasteiger partial charge in [-0.3, -0.25) is 0 Å². The van der Waals surface area contributed by atoms with Crippen molar-refractivity contribution < 1.29 is 4.42 Å². The van der Waals surface area contributed by atoms with Gasteiger partial charge in [0.15, 0.2) is 5.88 Å². The number of piperazine rings is 1. The minimum atomic E-state index is 0.508. The molecule has 1 fully saturated rings. The third-order valence-electron chi connectivity index (χ3n) is 2.72. The number of rotatable bonds is 3. The van der Waals surface area contributed by atoms with Crippen LogP contribution in [0.5, 0.6) is 0 Å². The van der Waals surface area contributed by atoms with Crippen molar-refractivity contribution >= 4 is 5.88 Å². The maximum absolute atomic E-state index is 5.45. The molecule has 2 N–H and O–H groups in total. The molecule has 1 aromatic rings. The van der Waals surface area contributed by atoms with Gasteiger partial charge in [-0.2, -0.15) is 0 Å².